The number of nitrogens with one attached hydrogen (secondary N) is 1. The van der Waals surface area contributed by atoms with Gasteiger partial charge in [0.2, 0.25) is 0 Å². The number of piperidine rings is 1. The van der Waals surface area contributed by atoms with Crippen molar-refractivity contribution in [2.75, 3.05) is 29.0 Å². The number of rotatable bonds is 3. The molecule has 3 N–H and O–H groups in total. The fourth-order valence-electron chi connectivity index (χ4n) is 3.71. The van der Waals surface area contributed by atoms with Crippen LogP contribution in [0.25, 0.3) is 0 Å². The van der Waals surface area contributed by atoms with Gasteiger partial charge in [0.25, 0.3) is 5.91 Å². The molecule has 1 aliphatic heterocycles. The van der Waals surface area contributed by atoms with Gasteiger partial charge >= 0.3 is 0 Å². The van der Waals surface area contributed by atoms with Crippen LogP contribution in [0.4, 0.5) is 25.8 Å². The highest BCUT2D eigenvalue weighted by Gasteiger charge is 2.26. The number of halogens is 3. The lowest BCUT2D eigenvalue weighted by Crippen LogP contribution is -2.39. The third kappa shape index (κ3) is 4.40. The first-order valence-electron chi connectivity index (χ1n) is 8.85. The number of nitrogens with zero attached hydrogens (tertiary/aromatic N) is 1. The van der Waals surface area contributed by atoms with Crippen molar-refractivity contribution in [2.24, 2.45) is 11.8 Å². The Kier molecular flexibility index (Phi) is 5.69. The molecule has 2 atom stereocenters. The molecule has 0 bridgehead atoms. The first-order valence-corrected chi connectivity index (χ1v) is 9.64. The number of anilines is 3. The topological polar surface area (TPSA) is 58.4 Å². The van der Waals surface area contributed by atoms with Crippen LogP contribution in [0.2, 0.25) is 0 Å². The predicted molar refractivity (Wildman–Crippen MR) is 108 cm³/mol. The van der Waals surface area contributed by atoms with Crippen molar-refractivity contribution in [1.82, 2.24) is 0 Å². The number of nitrogen functional groups attached to an aromatic ring is 1. The third-order valence-corrected chi connectivity index (χ3v) is 5.35. The summed E-state index contributed by atoms with van der Waals surface area (Å²) >= 11 is 3.09. The molecule has 27 heavy (non-hydrogen) atoms. The standard InChI is InChI=1S/C20H22BrF2N3O/c1-11-5-12(2)10-26(9-11)18-4-3-14(24)8-15(18)20(27)25-19-16(21)6-13(22)7-17(19)23/h3-4,6-8,11-12H,5,9-10,24H2,1-2H3,(H,25,27). The van der Waals surface area contributed by atoms with Crippen molar-refractivity contribution in [3.8, 4) is 0 Å². The van der Waals surface area contributed by atoms with Gasteiger partial charge in [-0.05, 0) is 58.5 Å². The molecule has 1 amide bonds. The number of amides is 1. The molecule has 2 unspecified atom stereocenters. The first kappa shape index (κ1) is 19.6. The Morgan fingerprint density at radius 1 is 1.19 bits per heavy atom. The zero-order chi connectivity index (χ0) is 19.7. The molecule has 3 rings (SSSR count). The number of benzene rings is 2. The van der Waals surface area contributed by atoms with Crippen LogP contribution in [0, 0.1) is 23.5 Å². The molecule has 4 nitrogen and oxygen atoms in total. The summed E-state index contributed by atoms with van der Waals surface area (Å²) in [5, 5.41) is 2.54. The van der Waals surface area contributed by atoms with Crippen molar-refractivity contribution in [3.63, 3.8) is 0 Å². The number of hydrogen-bond donors (Lipinski definition) is 2. The second kappa shape index (κ2) is 7.84. The summed E-state index contributed by atoms with van der Waals surface area (Å²) in [6.07, 6.45) is 1.14. The van der Waals surface area contributed by atoms with Crippen LogP contribution in [0.1, 0.15) is 30.6 Å². The SMILES string of the molecule is CC1CC(C)CN(c2ccc(N)cc2C(=O)Nc2c(F)cc(F)cc2Br)C1. The van der Waals surface area contributed by atoms with Crippen LogP contribution in [0.5, 0.6) is 0 Å². The summed E-state index contributed by atoms with van der Waals surface area (Å²) in [6.45, 7) is 6.04. The molecule has 1 fully saturated rings. The summed E-state index contributed by atoms with van der Waals surface area (Å²) in [5.74, 6) is -1.05. The molecule has 0 aliphatic carbocycles. The van der Waals surface area contributed by atoms with Crippen LogP contribution in [-0.2, 0) is 0 Å². The van der Waals surface area contributed by atoms with E-state index in [1.807, 2.05) is 6.07 Å². The van der Waals surface area contributed by atoms with Gasteiger partial charge in [0.1, 0.15) is 5.82 Å². The molecule has 2 aromatic rings. The van der Waals surface area contributed by atoms with Crippen molar-refractivity contribution >= 4 is 38.9 Å². The number of hydrogen-bond acceptors (Lipinski definition) is 3. The maximum absolute atomic E-state index is 14.1. The number of nitrogens with two attached hydrogens (primary N) is 1. The van der Waals surface area contributed by atoms with Gasteiger partial charge in [-0.1, -0.05) is 13.8 Å². The maximum atomic E-state index is 14.1. The van der Waals surface area contributed by atoms with Crippen LogP contribution >= 0.6 is 15.9 Å². The zero-order valence-electron chi connectivity index (χ0n) is 15.2. The Morgan fingerprint density at radius 2 is 1.85 bits per heavy atom. The van der Waals surface area contributed by atoms with Gasteiger partial charge < -0.3 is 16.0 Å². The molecule has 0 spiro atoms. The lowest BCUT2D eigenvalue weighted by Gasteiger charge is -2.37. The predicted octanol–water partition coefficient (Wildman–Crippen LogP) is 5.04. The summed E-state index contributed by atoms with van der Waals surface area (Å²) < 4.78 is 27.5. The Hall–Kier alpha value is -2.15. The highest BCUT2D eigenvalue weighted by molar-refractivity contribution is 9.10. The van der Waals surface area contributed by atoms with E-state index >= 15 is 0 Å². The van der Waals surface area contributed by atoms with E-state index in [0.29, 0.717) is 23.1 Å². The van der Waals surface area contributed by atoms with Gasteiger partial charge in [0, 0.05) is 35.0 Å². The van der Waals surface area contributed by atoms with E-state index < -0.39 is 17.5 Å². The van der Waals surface area contributed by atoms with Crippen LogP contribution in [-0.4, -0.2) is 19.0 Å². The van der Waals surface area contributed by atoms with Crippen molar-refractivity contribution in [3.05, 3.63) is 52.0 Å². The minimum Gasteiger partial charge on any atom is -0.399 e. The molecular formula is C20H22BrF2N3O. The van der Waals surface area contributed by atoms with E-state index in [-0.39, 0.29) is 10.2 Å². The van der Waals surface area contributed by atoms with Crippen molar-refractivity contribution < 1.29 is 13.6 Å². The zero-order valence-corrected chi connectivity index (χ0v) is 16.8. The van der Waals surface area contributed by atoms with E-state index in [2.05, 4.69) is 40.0 Å². The Morgan fingerprint density at radius 3 is 2.48 bits per heavy atom. The molecule has 7 heteroatoms. The molecule has 144 valence electrons. The lowest BCUT2D eigenvalue weighted by molar-refractivity contribution is 0.102. The van der Waals surface area contributed by atoms with Crippen LogP contribution in [0.3, 0.4) is 0 Å². The second-order valence-electron chi connectivity index (χ2n) is 7.33. The molecule has 0 aromatic heterocycles. The fourth-order valence-corrected chi connectivity index (χ4v) is 4.22. The Balaban J connectivity index is 1.94. The largest absolute Gasteiger partial charge is 0.399 e. The van der Waals surface area contributed by atoms with E-state index in [9.17, 15) is 13.6 Å². The summed E-state index contributed by atoms with van der Waals surface area (Å²) in [4.78, 5) is 15.1. The van der Waals surface area contributed by atoms with Gasteiger partial charge in [-0.15, -0.1) is 0 Å². The smallest absolute Gasteiger partial charge is 0.257 e. The first-order chi connectivity index (χ1) is 12.7. The normalized spacial score (nSPS) is 19.8. The maximum Gasteiger partial charge on any atom is 0.257 e. The Bertz CT molecular complexity index is 841. The van der Waals surface area contributed by atoms with Gasteiger partial charge in [0.15, 0.2) is 5.82 Å². The van der Waals surface area contributed by atoms with E-state index in [4.69, 9.17) is 5.73 Å². The van der Waals surface area contributed by atoms with Crippen molar-refractivity contribution in [1.29, 1.82) is 0 Å². The third-order valence-electron chi connectivity index (χ3n) is 4.72. The molecule has 1 saturated heterocycles. The van der Waals surface area contributed by atoms with E-state index in [1.165, 1.54) is 0 Å². The number of carbonyl (C=O) groups is 1. The summed E-state index contributed by atoms with van der Waals surface area (Å²) in [6, 6.07) is 7.00. The Labute approximate surface area is 165 Å². The van der Waals surface area contributed by atoms with Gasteiger partial charge in [-0.3, -0.25) is 4.79 Å². The van der Waals surface area contributed by atoms with E-state index in [0.717, 1.165) is 37.3 Å². The fraction of sp³-hybridized carbons (Fsp3) is 0.350. The monoisotopic (exact) mass is 437 g/mol. The highest BCUT2D eigenvalue weighted by atomic mass is 79.9. The quantitative estimate of drug-likeness (QED) is 0.660. The lowest BCUT2D eigenvalue weighted by atomic mass is 9.91. The van der Waals surface area contributed by atoms with Crippen LogP contribution < -0.4 is 16.0 Å². The average molecular weight is 438 g/mol. The minimum atomic E-state index is -0.846. The summed E-state index contributed by atoms with van der Waals surface area (Å²) in [7, 11) is 0. The van der Waals surface area contributed by atoms with E-state index in [1.54, 1.807) is 12.1 Å². The molecule has 1 aliphatic rings. The minimum absolute atomic E-state index is 0.102. The molecular weight excluding hydrogens is 416 g/mol. The molecule has 0 saturated carbocycles. The molecule has 2 aromatic carbocycles. The molecule has 0 radical (unpaired) electrons. The van der Waals surface area contributed by atoms with Gasteiger partial charge in [-0.25, -0.2) is 8.78 Å². The molecule has 1 heterocycles. The summed E-state index contributed by atoms with van der Waals surface area (Å²) in [5.41, 5.74) is 7.36. The van der Waals surface area contributed by atoms with Crippen LogP contribution in [0.15, 0.2) is 34.8 Å². The number of carbonyl (C=O) groups excluding carboxylic acids is 1. The highest BCUT2D eigenvalue weighted by Crippen LogP contribution is 2.32. The van der Waals surface area contributed by atoms with Gasteiger partial charge in [0.05, 0.1) is 11.3 Å². The van der Waals surface area contributed by atoms with Crippen molar-refractivity contribution in [2.45, 2.75) is 20.3 Å². The average Bonchev–Trinajstić information content (AvgIpc) is 2.56. The van der Waals surface area contributed by atoms with Gasteiger partial charge in [-0.2, -0.15) is 0 Å². The second-order valence-corrected chi connectivity index (χ2v) is 8.18.